The molecular formula is C32H30N2Na2O13S4. The van der Waals surface area contributed by atoms with Gasteiger partial charge in [-0.25, -0.2) is 38.2 Å². The Morgan fingerprint density at radius 1 is 0.774 bits per heavy atom. The van der Waals surface area contributed by atoms with E-state index in [1.165, 1.54) is 30.3 Å². The summed E-state index contributed by atoms with van der Waals surface area (Å²) in [7, 11) is -16.7. The van der Waals surface area contributed by atoms with E-state index in [4.69, 9.17) is 4.42 Å². The molecule has 0 fully saturated rings. The second-order valence-electron chi connectivity index (χ2n) is 11.4. The molecule has 272 valence electrons. The zero-order valence-electron chi connectivity index (χ0n) is 28.7. The summed E-state index contributed by atoms with van der Waals surface area (Å²) >= 11 is 0. The smallest absolute Gasteiger partial charge is 0.748 e. The number of hydrogen-bond acceptors (Lipinski definition) is 14. The van der Waals surface area contributed by atoms with Crippen LogP contribution in [0.1, 0.15) is 5.56 Å². The van der Waals surface area contributed by atoms with Crippen LogP contribution >= 0.6 is 0 Å². The van der Waals surface area contributed by atoms with Gasteiger partial charge in [0.1, 0.15) is 38.6 Å². The van der Waals surface area contributed by atoms with Crippen molar-refractivity contribution in [2.24, 2.45) is 0 Å². The number of sulfone groups is 1. The first-order valence-electron chi connectivity index (χ1n) is 15.0. The van der Waals surface area contributed by atoms with Crippen molar-refractivity contribution in [2.45, 2.75) is 16.2 Å². The number of nitrogens with zero attached hydrogens (tertiary/aromatic N) is 1. The van der Waals surface area contributed by atoms with Crippen LogP contribution in [0.3, 0.4) is 0 Å². The number of rotatable bonds is 14. The monoisotopic (exact) mass is 824 g/mol. The van der Waals surface area contributed by atoms with Crippen LogP contribution in [0.4, 0.5) is 5.69 Å². The van der Waals surface area contributed by atoms with Crippen LogP contribution in [0.5, 0.6) is 0 Å². The van der Waals surface area contributed by atoms with Gasteiger partial charge in [-0.05, 0) is 48.4 Å². The van der Waals surface area contributed by atoms with Crippen molar-refractivity contribution in [3.8, 4) is 22.5 Å². The Bertz CT molecular complexity index is 2600. The summed E-state index contributed by atoms with van der Waals surface area (Å²) in [6.45, 7) is -0.500. The molecule has 1 aliphatic heterocycles. The molecule has 3 aromatic rings. The Morgan fingerprint density at radius 2 is 1.45 bits per heavy atom. The average molecular weight is 825 g/mol. The van der Waals surface area contributed by atoms with Gasteiger partial charge in [0.15, 0.2) is 16.4 Å². The molecule has 21 heteroatoms. The van der Waals surface area contributed by atoms with Crippen molar-refractivity contribution in [1.82, 2.24) is 4.58 Å². The predicted molar refractivity (Wildman–Crippen MR) is 183 cm³/mol. The number of nitrogens with one attached hydrogen (secondary N) is 1. The molecule has 1 heterocycles. The molecule has 1 aliphatic carbocycles. The molecular weight excluding hydrogens is 795 g/mol. The maximum Gasteiger partial charge on any atom is 1.00 e. The first-order chi connectivity index (χ1) is 23.8. The predicted octanol–water partition coefficient (Wildman–Crippen LogP) is -4.03. The summed E-state index contributed by atoms with van der Waals surface area (Å²) in [5, 5.41) is 4.27. The van der Waals surface area contributed by atoms with Crippen LogP contribution in [0.15, 0.2) is 99.1 Å². The quantitative estimate of drug-likeness (QED) is 0.0369. The van der Waals surface area contributed by atoms with Gasteiger partial charge in [-0.1, -0.05) is 30.3 Å². The van der Waals surface area contributed by atoms with Crippen LogP contribution in [-0.2, 0) is 51.1 Å². The van der Waals surface area contributed by atoms with Gasteiger partial charge in [0.05, 0.1) is 34.0 Å². The van der Waals surface area contributed by atoms with Gasteiger partial charge >= 0.3 is 59.1 Å². The van der Waals surface area contributed by atoms with E-state index in [1.807, 2.05) is 0 Å². The number of anilines is 1. The summed E-state index contributed by atoms with van der Waals surface area (Å²) in [6, 6.07) is 21.8. The second kappa shape index (κ2) is 18.2. The number of benzene rings is 4. The van der Waals surface area contributed by atoms with Gasteiger partial charge in [0.25, 0.3) is 0 Å². The van der Waals surface area contributed by atoms with Crippen molar-refractivity contribution in [2.75, 3.05) is 43.6 Å². The van der Waals surface area contributed by atoms with Crippen molar-refractivity contribution < 1.29 is 115 Å². The summed E-state index contributed by atoms with van der Waals surface area (Å²) in [4.78, 5) is -0.494. The van der Waals surface area contributed by atoms with Gasteiger partial charge in [0.2, 0.25) is 15.8 Å². The van der Waals surface area contributed by atoms with E-state index >= 15 is 0 Å². The van der Waals surface area contributed by atoms with E-state index < -0.39 is 63.5 Å². The van der Waals surface area contributed by atoms with Crippen LogP contribution in [0.2, 0.25) is 0 Å². The van der Waals surface area contributed by atoms with Crippen LogP contribution in [0.25, 0.3) is 33.4 Å². The molecule has 0 unspecified atom stereocenters. The fourth-order valence-corrected chi connectivity index (χ4v) is 8.03. The molecule has 0 aromatic heterocycles. The van der Waals surface area contributed by atoms with E-state index in [0.717, 1.165) is 5.56 Å². The van der Waals surface area contributed by atoms with E-state index in [2.05, 4.69) is 9.50 Å². The van der Waals surface area contributed by atoms with Gasteiger partial charge in [-0.15, -0.1) is 0 Å². The first kappa shape index (κ1) is 45.2. The van der Waals surface area contributed by atoms with Gasteiger partial charge in [-0.2, -0.15) is 0 Å². The van der Waals surface area contributed by atoms with Crippen LogP contribution in [-0.4, -0.2) is 85.6 Å². The molecule has 15 nitrogen and oxygen atoms in total. The fourth-order valence-electron chi connectivity index (χ4n) is 5.36. The minimum Gasteiger partial charge on any atom is -0.748 e. The Labute approximate surface area is 351 Å². The molecule has 1 N–H and O–H groups in total. The van der Waals surface area contributed by atoms with E-state index in [0.29, 0.717) is 51.9 Å². The molecule has 0 bridgehead atoms. The maximum atomic E-state index is 12.4. The van der Waals surface area contributed by atoms with Crippen molar-refractivity contribution in [1.29, 1.82) is 0 Å². The molecule has 2 aliphatic rings. The first-order valence-corrected chi connectivity index (χ1v) is 21.0. The second-order valence-corrected chi connectivity index (χ2v) is 17.4. The third-order valence-electron chi connectivity index (χ3n) is 7.85. The molecule has 0 saturated carbocycles. The molecule has 0 spiro atoms. The Balaban J connectivity index is 0.00000378. The zero-order valence-corrected chi connectivity index (χ0v) is 36.0. The van der Waals surface area contributed by atoms with Crippen molar-refractivity contribution >= 4 is 57.1 Å². The molecule has 0 amide bonds. The van der Waals surface area contributed by atoms with E-state index in [-0.39, 0.29) is 76.1 Å². The van der Waals surface area contributed by atoms with Crippen molar-refractivity contribution in [3.63, 3.8) is 0 Å². The standard InChI is InChI=1S/C32H32N2O13S4.2Na/c1-34(16-18-49(37,38)39)24-9-13-27-30(21-24)47-29-20-23(8-12-26(29)32(27)28-4-2-3-5-31(28)50(40,41)42)33-15-14-22-6-10-25(11-7-22)48(35,36)19-17-46-51(43,44)45;;/h2-13,20-21H,14-19H2,1H3,(H3,37,38,39,40,41,42,43,44,45);;/q;2*+1/p-2. The summed E-state index contributed by atoms with van der Waals surface area (Å²) in [6.07, 6.45) is 0.458. The third kappa shape index (κ3) is 12.1. The maximum absolute atomic E-state index is 12.4. The molecule has 3 aromatic carbocycles. The normalized spacial score (nSPS) is 12.9. The fraction of sp³-hybridized carbons (Fsp3) is 0.219. The molecule has 0 saturated heterocycles. The largest absolute Gasteiger partial charge is 1.00 e. The molecule has 0 radical (unpaired) electrons. The SMILES string of the molecule is C[N+](CCS(=O)(=O)[O-])=c1ccc2c(-c3ccccc3S(=O)(=O)[O-])c3ccc(NCCc4ccc(S(=O)(=O)CCOS(=O)(=O)[O-])cc4)cc3oc-2c1.[Na+].[Na+]. The van der Waals surface area contributed by atoms with Gasteiger partial charge in [0, 0.05) is 46.4 Å². The van der Waals surface area contributed by atoms with Gasteiger partial charge in [-0.3, -0.25) is 4.18 Å². The third-order valence-corrected chi connectivity index (χ3v) is 11.6. The van der Waals surface area contributed by atoms with Crippen LogP contribution < -0.4 is 74.4 Å². The van der Waals surface area contributed by atoms with Crippen LogP contribution in [0, 0.1) is 0 Å². The van der Waals surface area contributed by atoms with E-state index in [1.54, 1.807) is 66.2 Å². The minimum absolute atomic E-state index is 0. The summed E-state index contributed by atoms with van der Waals surface area (Å²) in [5.74, 6) is -1.03. The van der Waals surface area contributed by atoms with Crippen molar-refractivity contribution in [3.05, 3.63) is 95.8 Å². The van der Waals surface area contributed by atoms with Gasteiger partial charge < -0.3 is 23.4 Å². The zero-order chi connectivity index (χ0) is 37.2. The Morgan fingerprint density at radius 3 is 2.09 bits per heavy atom. The Hall–Kier alpha value is -2.21. The average Bonchev–Trinajstić information content (AvgIpc) is 3.04. The summed E-state index contributed by atoms with van der Waals surface area (Å²) in [5.41, 5.74) is 2.76. The molecule has 0 atom stereocenters. The number of fused-ring (bicyclic) bond motifs is 2. The molecule has 53 heavy (non-hydrogen) atoms. The van der Waals surface area contributed by atoms with E-state index in [9.17, 15) is 47.3 Å². The topological polar surface area (TPSA) is 243 Å². The Kier molecular flexibility index (Phi) is 15.5. The minimum atomic E-state index is -5.01. The summed E-state index contributed by atoms with van der Waals surface area (Å²) < 4.78 is 139. The molecule has 5 rings (SSSR count). The number of hydrogen-bond donors (Lipinski definition) is 1.